The topological polar surface area (TPSA) is 93.7 Å². The molecule has 0 radical (unpaired) electrons. The van der Waals surface area contributed by atoms with Gasteiger partial charge in [0.2, 0.25) is 5.91 Å². The lowest BCUT2D eigenvalue weighted by molar-refractivity contribution is -0.155. The molecule has 2 N–H and O–H groups in total. The Kier molecular flexibility index (Phi) is 6.39. The number of carbonyl (C=O) groups excluding carboxylic acids is 3. The summed E-state index contributed by atoms with van der Waals surface area (Å²) in [6.45, 7) is 2.98. The molecule has 0 aromatic heterocycles. The van der Waals surface area contributed by atoms with E-state index in [1.54, 1.807) is 36.4 Å². The van der Waals surface area contributed by atoms with Crippen LogP contribution < -0.4 is 15.4 Å². The van der Waals surface area contributed by atoms with E-state index >= 15 is 0 Å². The molecule has 1 heterocycles. The molecule has 0 bridgehead atoms. The molecule has 0 spiro atoms. The summed E-state index contributed by atoms with van der Waals surface area (Å²) in [5.41, 5.74) is 3.09. The van der Waals surface area contributed by atoms with Gasteiger partial charge in [0.15, 0.2) is 12.7 Å². The van der Waals surface area contributed by atoms with Crippen LogP contribution in [0.4, 0.5) is 11.4 Å². The first-order valence-corrected chi connectivity index (χ1v) is 9.51. The fraction of sp³-hybridized carbons (Fsp3) is 0.286. The van der Waals surface area contributed by atoms with Crippen molar-refractivity contribution in [1.29, 1.82) is 0 Å². The largest absolute Gasteiger partial charge is 0.482 e. The molecule has 0 saturated heterocycles. The predicted octanol–water partition coefficient (Wildman–Crippen LogP) is 3.48. The quantitative estimate of drug-likeness (QED) is 0.703. The number of ether oxygens (including phenoxy) is 2. The molecule has 0 aliphatic carbocycles. The van der Waals surface area contributed by atoms with Gasteiger partial charge in [-0.15, -0.1) is 0 Å². The maximum atomic E-state index is 12.3. The van der Waals surface area contributed by atoms with Gasteiger partial charge in [0.1, 0.15) is 5.75 Å². The van der Waals surface area contributed by atoms with Crippen molar-refractivity contribution < 1.29 is 23.9 Å². The van der Waals surface area contributed by atoms with Gasteiger partial charge in [0, 0.05) is 22.8 Å². The van der Waals surface area contributed by atoms with Crippen molar-refractivity contribution in [3.63, 3.8) is 0 Å². The van der Waals surface area contributed by atoms with Crippen molar-refractivity contribution >= 4 is 40.8 Å². The minimum Gasteiger partial charge on any atom is -0.482 e. The number of rotatable bonds is 6. The van der Waals surface area contributed by atoms with Gasteiger partial charge in [-0.1, -0.05) is 17.7 Å². The smallest absolute Gasteiger partial charge is 0.344 e. The second-order valence-electron chi connectivity index (χ2n) is 6.74. The number of hydrogen-bond donors (Lipinski definition) is 2. The molecule has 7 nitrogen and oxygen atoms in total. The second-order valence-corrected chi connectivity index (χ2v) is 7.17. The number of hydrogen-bond acceptors (Lipinski definition) is 5. The molecule has 8 heteroatoms. The Bertz CT molecular complexity index is 960. The molecular weight excluding hydrogens is 396 g/mol. The van der Waals surface area contributed by atoms with Crippen LogP contribution >= 0.6 is 11.6 Å². The summed E-state index contributed by atoms with van der Waals surface area (Å²) in [5.74, 6) is -0.659. The lowest BCUT2D eigenvalue weighted by atomic mass is 10.0. The molecule has 1 unspecified atom stereocenters. The van der Waals surface area contributed by atoms with Crippen LogP contribution in [-0.2, 0) is 25.5 Å². The van der Waals surface area contributed by atoms with Crippen LogP contribution in [0.15, 0.2) is 36.4 Å². The first kappa shape index (κ1) is 20.7. The number of fused-ring (bicyclic) bond motifs is 1. The standard InChI is InChI=1S/C21H21ClN2O5/c1-12-3-5-15(22)10-18(12)24-21(27)13(2)29-20(26)11-28-16-6-7-17-14(9-16)4-8-19(25)23-17/h3,5-7,9-10,13H,4,8,11H2,1-2H3,(H,23,25)(H,24,27). The van der Waals surface area contributed by atoms with Crippen LogP contribution in [0.2, 0.25) is 5.02 Å². The van der Waals surface area contributed by atoms with Gasteiger partial charge >= 0.3 is 5.97 Å². The van der Waals surface area contributed by atoms with E-state index in [4.69, 9.17) is 21.1 Å². The molecule has 2 aromatic carbocycles. The summed E-state index contributed by atoms with van der Waals surface area (Å²) in [5, 5.41) is 5.96. The third-order valence-electron chi connectivity index (χ3n) is 4.46. The van der Waals surface area contributed by atoms with E-state index in [1.807, 2.05) is 6.92 Å². The van der Waals surface area contributed by atoms with Crippen molar-refractivity contribution in [2.45, 2.75) is 32.8 Å². The summed E-state index contributed by atoms with van der Waals surface area (Å²) in [7, 11) is 0. The zero-order valence-electron chi connectivity index (χ0n) is 16.1. The van der Waals surface area contributed by atoms with Gasteiger partial charge < -0.3 is 20.1 Å². The van der Waals surface area contributed by atoms with Crippen molar-refractivity contribution in [3.8, 4) is 5.75 Å². The average molecular weight is 417 g/mol. The van der Waals surface area contributed by atoms with Crippen LogP contribution in [-0.4, -0.2) is 30.5 Å². The minimum absolute atomic E-state index is 0.0185. The number of carbonyl (C=O) groups is 3. The second kappa shape index (κ2) is 8.96. The summed E-state index contributed by atoms with van der Waals surface area (Å²) in [6.07, 6.45) is 0.0309. The Morgan fingerprint density at radius 2 is 2.00 bits per heavy atom. The molecule has 3 rings (SSSR count). The molecule has 0 saturated carbocycles. The fourth-order valence-corrected chi connectivity index (χ4v) is 3.01. The van der Waals surface area contributed by atoms with E-state index in [-0.39, 0.29) is 12.5 Å². The maximum Gasteiger partial charge on any atom is 0.344 e. The number of halogens is 1. The highest BCUT2D eigenvalue weighted by Gasteiger charge is 2.20. The van der Waals surface area contributed by atoms with Crippen molar-refractivity contribution in [1.82, 2.24) is 0 Å². The minimum atomic E-state index is -0.997. The number of anilines is 2. The first-order valence-electron chi connectivity index (χ1n) is 9.14. The number of aryl methyl sites for hydroxylation is 2. The number of esters is 1. The summed E-state index contributed by atoms with van der Waals surface area (Å²) < 4.78 is 10.6. The fourth-order valence-electron chi connectivity index (χ4n) is 2.84. The average Bonchev–Trinajstić information content (AvgIpc) is 2.69. The lowest BCUT2D eigenvalue weighted by Crippen LogP contribution is -2.31. The Morgan fingerprint density at radius 1 is 1.21 bits per heavy atom. The van der Waals surface area contributed by atoms with E-state index < -0.39 is 18.0 Å². The van der Waals surface area contributed by atoms with Crippen molar-refractivity contribution in [2.75, 3.05) is 17.2 Å². The highest BCUT2D eigenvalue weighted by molar-refractivity contribution is 6.31. The Labute approximate surface area is 173 Å². The van der Waals surface area contributed by atoms with Gasteiger partial charge in [-0.25, -0.2) is 4.79 Å². The monoisotopic (exact) mass is 416 g/mol. The number of benzene rings is 2. The van der Waals surface area contributed by atoms with Gasteiger partial charge in [-0.05, 0) is 61.7 Å². The number of nitrogens with one attached hydrogen (secondary N) is 2. The summed E-state index contributed by atoms with van der Waals surface area (Å²) in [6, 6.07) is 10.3. The zero-order valence-corrected chi connectivity index (χ0v) is 16.8. The van der Waals surface area contributed by atoms with Crippen LogP contribution in [0.3, 0.4) is 0 Å². The van der Waals surface area contributed by atoms with Gasteiger partial charge in [-0.2, -0.15) is 0 Å². The molecule has 1 aliphatic heterocycles. The number of amides is 2. The zero-order chi connectivity index (χ0) is 21.0. The summed E-state index contributed by atoms with van der Waals surface area (Å²) in [4.78, 5) is 35.7. The lowest BCUT2D eigenvalue weighted by Gasteiger charge is -2.18. The molecule has 2 amide bonds. The normalized spacial score (nSPS) is 13.7. The van der Waals surface area contributed by atoms with Crippen LogP contribution in [0.1, 0.15) is 24.5 Å². The van der Waals surface area contributed by atoms with Crippen LogP contribution in [0, 0.1) is 6.92 Å². The Morgan fingerprint density at radius 3 is 2.79 bits per heavy atom. The molecule has 152 valence electrons. The van der Waals surface area contributed by atoms with E-state index in [0.717, 1.165) is 16.8 Å². The summed E-state index contributed by atoms with van der Waals surface area (Å²) >= 11 is 5.94. The SMILES string of the molecule is Cc1ccc(Cl)cc1NC(=O)C(C)OC(=O)COc1ccc2c(c1)CCC(=O)N2. The van der Waals surface area contributed by atoms with Crippen molar-refractivity contribution in [3.05, 3.63) is 52.5 Å². The molecule has 0 fully saturated rings. The molecule has 2 aromatic rings. The Balaban J connectivity index is 1.50. The predicted molar refractivity (Wildman–Crippen MR) is 109 cm³/mol. The first-order chi connectivity index (χ1) is 13.8. The molecular formula is C21H21ClN2O5. The highest BCUT2D eigenvalue weighted by atomic mass is 35.5. The van der Waals surface area contributed by atoms with E-state index in [2.05, 4.69) is 10.6 Å². The highest BCUT2D eigenvalue weighted by Crippen LogP contribution is 2.26. The van der Waals surface area contributed by atoms with Crippen molar-refractivity contribution in [2.24, 2.45) is 0 Å². The van der Waals surface area contributed by atoms with Gasteiger partial charge in [-0.3, -0.25) is 9.59 Å². The van der Waals surface area contributed by atoms with Gasteiger partial charge in [0.25, 0.3) is 5.91 Å². The van der Waals surface area contributed by atoms with E-state index in [0.29, 0.717) is 29.3 Å². The van der Waals surface area contributed by atoms with E-state index in [9.17, 15) is 14.4 Å². The van der Waals surface area contributed by atoms with E-state index in [1.165, 1.54) is 6.92 Å². The van der Waals surface area contributed by atoms with Crippen LogP contribution in [0.5, 0.6) is 5.75 Å². The Hall–Kier alpha value is -3.06. The molecule has 1 atom stereocenters. The van der Waals surface area contributed by atoms with Crippen LogP contribution in [0.25, 0.3) is 0 Å². The molecule has 29 heavy (non-hydrogen) atoms. The maximum absolute atomic E-state index is 12.3. The third-order valence-corrected chi connectivity index (χ3v) is 4.70. The molecule has 1 aliphatic rings. The van der Waals surface area contributed by atoms with Gasteiger partial charge in [0.05, 0.1) is 0 Å². The third kappa shape index (κ3) is 5.48.